The minimum Gasteiger partial charge on any atom is -0.657 e. The van der Waals surface area contributed by atoms with E-state index in [1.165, 1.54) is 5.56 Å². The predicted octanol–water partition coefficient (Wildman–Crippen LogP) is 7.94. The first-order chi connectivity index (χ1) is 18.1. The van der Waals surface area contributed by atoms with E-state index in [0.29, 0.717) is 17.3 Å². The van der Waals surface area contributed by atoms with Crippen molar-refractivity contribution in [2.24, 2.45) is 0 Å². The Kier molecular flexibility index (Phi) is 8.74. The molecule has 0 aliphatic carbocycles. The molecule has 0 aromatic carbocycles. The maximum absolute atomic E-state index is 8.86. The fourth-order valence-electron chi connectivity index (χ4n) is 4.95. The van der Waals surface area contributed by atoms with E-state index in [9.17, 15) is 0 Å². The van der Waals surface area contributed by atoms with Crippen molar-refractivity contribution in [2.45, 2.75) is 78.6 Å². The molecule has 5 heteroatoms. The number of rotatable bonds is 9. The van der Waals surface area contributed by atoms with Gasteiger partial charge in [-0.3, -0.25) is 0 Å². The van der Waals surface area contributed by atoms with E-state index >= 15 is 0 Å². The van der Waals surface area contributed by atoms with Crippen LogP contribution < -0.4 is 9.97 Å². The summed E-state index contributed by atoms with van der Waals surface area (Å²) in [5.41, 5.74) is 10.6. The van der Waals surface area contributed by atoms with Crippen molar-refractivity contribution < 1.29 is 17.9 Å². The van der Waals surface area contributed by atoms with Crippen molar-refractivity contribution in [2.75, 3.05) is 0 Å². The Labute approximate surface area is 232 Å². The number of hydrogen-bond acceptors (Lipinski definition) is 2. The van der Waals surface area contributed by atoms with Crippen molar-refractivity contribution in [3.63, 3.8) is 0 Å². The molecule has 0 saturated carbocycles. The predicted molar refractivity (Wildman–Crippen MR) is 153 cm³/mol. The van der Waals surface area contributed by atoms with Gasteiger partial charge in [0.25, 0.3) is 0 Å². The van der Waals surface area contributed by atoms with E-state index < -0.39 is 0 Å². The standard InChI is InChI=1S/C32H36N4.Ni/c1-4-7-10-24-27-15-13-22(33-27)21-23-14-16-28(34-23)25(11-8-5-2)30-18-20-32(36-30)26(12-9-6-3)31-19-17-29(24)35-31;/h13-21H,4-12H2,1-3H3;/q-2;+2/i21D;. The maximum Gasteiger partial charge on any atom is 2.00 e. The summed E-state index contributed by atoms with van der Waals surface area (Å²) in [5.74, 6) is 0. The fraction of sp³-hybridized carbons (Fsp3) is 0.375. The van der Waals surface area contributed by atoms with Gasteiger partial charge < -0.3 is 9.97 Å². The largest absolute Gasteiger partial charge is 2.00 e. The number of nitrogens with zero attached hydrogens (tertiary/aromatic N) is 4. The van der Waals surface area contributed by atoms with Gasteiger partial charge in [-0.1, -0.05) is 70.3 Å². The van der Waals surface area contributed by atoms with Gasteiger partial charge in [0.15, 0.2) is 0 Å². The van der Waals surface area contributed by atoms with Crippen LogP contribution in [-0.2, 0) is 35.8 Å². The van der Waals surface area contributed by atoms with Gasteiger partial charge in [-0.05, 0) is 79.5 Å². The van der Waals surface area contributed by atoms with Crippen LogP contribution in [-0.4, -0.2) is 9.97 Å². The van der Waals surface area contributed by atoms with E-state index in [2.05, 4.69) is 45.1 Å². The molecule has 194 valence electrons. The summed E-state index contributed by atoms with van der Waals surface area (Å²) in [6.45, 7) is 6.64. The second-order valence-corrected chi connectivity index (χ2v) is 9.73. The molecule has 0 unspecified atom stereocenters. The minimum atomic E-state index is 0. The minimum absolute atomic E-state index is 0. The first-order valence-corrected chi connectivity index (χ1v) is 13.6. The Morgan fingerprint density at radius 2 is 1.08 bits per heavy atom. The van der Waals surface area contributed by atoms with Gasteiger partial charge in [-0.15, -0.1) is 22.1 Å². The molecule has 3 aromatic rings. The molecule has 5 rings (SSSR count). The van der Waals surface area contributed by atoms with E-state index in [0.717, 1.165) is 103 Å². The van der Waals surface area contributed by atoms with E-state index in [-0.39, 0.29) is 16.5 Å². The topological polar surface area (TPSA) is 54.0 Å². The van der Waals surface area contributed by atoms with Crippen LogP contribution in [0.2, 0.25) is 0 Å². The van der Waals surface area contributed by atoms with Gasteiger partial charge in [0.1, 0.15) is 0 Å². The van der Waals surface area contributed by atoms with Crippen LogP contribution in [0.5, 0.6) is 0 Å². The molecule has 0 spiro atoms. The van der Waals surface area contributed by atoms with Gasteiger partial charge in [0.2, 0.25) is 0 Å². The average Bonchev–Trinajstić information content (AvgIpc) is 3.72. The molecule has 0 radical (unpaired) electrons. The van der Waals surface area contributed by atoms with E-state index in [1.807, 2.05) is 24.3 Å². The summed E-state index contributed by atoms with van der Waals surface area (Å²) in [7, 11) is 0. The summed E-state index contributed by atoms with van der Waals surface area (Å²) in [4.78, 5) is 20.1. The fourth-order valence-corrected chi connectivity index (χ4v) is 4.95. The van der Waals surface area contributed by atoms with E-state index in [4.69, 9.17) is 21.3 Å². The Hall–Kier alpha value is -2.91. The van der Waals surface area contributed by atoms with Crippen molar-refractivity contribution in [1.29, 1.82) is 0 Å². The van der Waals surface area contributed by atoms with Crippen molar-refractivity contribution in [1.82, 2.24) is 19.9 Å². The smallest absolute Gasteiger partial charge is 0.657 e. The first kappa shape index (κ1) is 25.7. The molecular weight excluding hydrogens is 499 g/mol. The number of aromatic nitrogens is 4. The summed E-state index contributed by atoms with van der Waals surface area (Å²) in [5, 5.41) is 0. The van der Waals surface area contributed by atoms with Gasteiger partial charge in [-0.2, -0.15) is 0 Å². The van der Waals surface area contributed by atoms with Crippen LogP contribution >= 0.6 is 0 Å². The molecule has 2 aliphatic rings. The average molecular weight is 536 g/mol. The summed E-state index contributed by atoms with van der Waals surface area (Å²) < 4.78 is 8.86. The molecule has 2 aliphatic heterocycles. The van der Waals surface area contributed by atoms with Crippen LogP contribution in [0, 0.1) is 0 Å². The summed E-state index contributed by atoms with van der Waals surface area (Å²) in [6, 6.07) is 8.63. The first-order valence-electron chi connectivity index (χ1n) is 14.1. The zero-order chi connectivity index (χ0) is 25.8. The molecule has 8 bridgehead atoms. The quantitative estimate of drug-likeness (QED) is 0.180. The molecular formula is C32H36N4Ni. The van der Waals surface area contributed by atoms with Gasteiger partial charge in [0, 0.05) is 0 Å². The van der Waals surface area contributed by atoms with E-state index in [1.54, 1.807) is 0 Å². The Morgan fingerprint density at radius 3 is 1.62 bits per heavy atom. The summed E-state index contributed by atoms with van der Waals surface area (Å²) >= 11 is 0. The van der Waals surface area contributed by atoms with Gasteiger partial charge in [0.05, 0.1) is 24.1 Å². The molecule has 0 atom stereocenters. The van der Waals surface area contributed by atoms with Crippen LogP contribution in [0.25, 0.3) is 46.4 Å². The second kappa shape index (κ2) is 12.6. The molecule has 0 fully saturated rings. The molecule has 37 heavy (non-hydrogen) atoms. The third kappa shape index (κ3) is 5.99. The van der Waals surface area contributed by atoms with Crippen molar-refractivity contribution >= 4 is 46.4 Å². The zero-order valence-electron chi connectivity index (χ0n) is 23.1. The van der Waals surface area contributed by atoms with Crippen LogP contribution in [0.3, 0.4) is 0 Å². The van der Waals surface area contributed by atoms with Crippen molar-refractivity contribution in [3.8, 4) is 0 Å². The third-order valence-electron chi connectivity index (χ3n) is 7.01. The summed E-state index contributed by atoms with van der Waals surface area (Å²) in [6.07, 6.45) is 17.6. The van der Waals surface area contributed by atoms with Crippen molar-refractivity contribution in [3.05, 3.63) is 69.8 Å². The van der Waals surface area contributed by atoms with Gasteiger partial charge >= 0.3 is 16.5 Å². The molecule has 5 heterocycles. The van der Waals surface area contributed by atoms with Crippen LogP contribution in [0.15, 0.2) is 30.3 Å². The van der Waals surface area contributed by atoms with Crippen LogP contribution in [0.4, 0.5) is 0 Å². The monoisotopic (exact) mass is 535 g/mol. The molecule has 4 nitrogen and oxygen atoms in total. The Morgan fingerprint density at radius 1 is 0.622 bits per heavy atom. The number of unbranched alkanes of at least 4 members (excludes halogenated alkanes) is 3. The number of fused-ring (bicyclic) bond motifs is 8. The molecule has 0 N–H and O–H groups in total. The zero-order valence-corrected chi connectivity index (χ0v) is 23.1. The molecule has 3 aromatic heterocycles. The molecule has 0 amide bonds. The normalized spacial score (nSPS) is 12.6. The number of hydrogen-bond donors (Lipinski definition) is 0. The van der Waals surface area contributed by atoms with Gasteiger partial charge in [-0.25, -0.2) is 9.97 Å². The SMILES string of the molecule is [2H]c1c2nc(c(CCCC)c3ccc([n-]3)c(CCCC)c3nc(c(CCCC)c4ccc1[n-]4)C=C3)C=C2.[Ni+2]. The second-order valence-electron chi connectivity index (χ2n) is 9.73. The molecule has 0 saturated heterocycles. The maximum atomic E-state index is 8.86. The third-order valence-corrected chi connectivity index (χ3v) is 7.01. The number of aryl methyl sites for hydroxylation is 3. The van der Waals surface area contributed by atoms with Crippen LogP contribution in [0.1, 0.15) is 100 Å². The Balaban J connectivity index is 0.00000336. The Bertz CT molecular complexity index is 1500.